The van der Waals surface area contributed by atoms with E-state index in [0.29, 0.717) is 21.3 Å². The highest BCUT2D eigenvalue weighted by atomic mass is 32.2. The molecule has 0 N–H and O–H groups in total. The number of benzene rings is 1. The largest absolute Gasteiger partial charge is 0.370 e. The Kier molecular flexibility index (Phi) is 6.12. The molecule has 5 rings (SSSR count). The molecule has 3 aliphatic rings. The van der Waals surface area contributed by atoms with E-state index in [9.17, 15) is 9.59 Å². The maximum absolute atomic E-state index is 13.7. The van der Waals surface area contributed by atoms with Crippen molar-refractivity contribution >= 4 is 56.9 Å². The van der Waals surface area contributed by atoms with Crippen LogP contribution in [0.3, 0.4) is 0 Å². The monoisotopic (exact) mass is 467 g/mol. The molecule has 5 nitrogen and oxygen atoms in total. The summed E-state index contributed by atoms with van der Waals surface area (Å²) in [6, 6.07) is 8.35. The third-order valence-electron chi connectivity index (χ3n) is 6.96. The minimum absolute atomic E-state index is 0.0297. The van der Waals surface area contributed by atoms with Gasteiger partial charge in [-0.3, -0.25) is 14.5 Å². The molecule has 0 unspecified atom stereocenters. The molecule has 2 aliphatic heterocycles. The summed E-state index contributed by atoms with van der Waals surface area (Å²) in [5.41, 5.74) is 2.52. The molecule has 0 radical (unpaired) electrons. The predicted octanol–water partition coefficient (Wildman–Crippen LogP) is 5.16. The molecular formula is C25H29N3O2S2. The van der Waals surface area contributed by atoms with Crippen LogP contribution in [-0.2, 0) is 11.3 Å². The van der Waals surface area contributed by atoms with Gasteiger partial charge >= 0.3 is 0 Å². The molecule has 1 aromatic heterocycles. The van der Waals surface area contributed by atoms with Gasteiger partial charge in [0.25, 0.3) is 11.5 Å². The number of thiocarbonyl (C=S) groups is 1. The van der Waals surface area contributed by atoms with Gasteiger partial charge in [-0.2, -0.15) is 0 Å². The lowest BCUT2D eigenvalue weighted by Crippen LogP contribution is -2.36. The molecule has 2 saturated heterocycles. The fraction of sp³-hybridized carbons (Fsp3) is 0.480. The highest BCUT2D eigenvalue weighted by Gasteiger charge is 2.38. The number of carbonyl (C=O) groups excluding carboxylic acids is 1. The summed E-state index contributed by atoms with van der Waals surface area (Å²) in [7, 11) is 0. The highest BCUT2D eigenvalue weighted by Crippen LogP contribution is 2.39. The van der Waals surface area contributed by atoms with Crippen LogP contribution in [0.1, 0.15) is 57.4 Å². The SMILES string of the molecule is CCn1c(=O)c(C=C2SC(=S)N(C3CCCC3)C2=O)c(N2CCCCC2)c2ccccc21. The van der Waals surface area contributed by atoms with Gasteiger partial charge in [0.15, 0.2) is 0 Å². The number of nitrogens with zero attached hydrogens (tertiary/aromatic N) is 3. The summed E-state index contributed by atoms with van der Waals surface area (Å²) >= 11 is 6.95. The summed E-state index contributed by atoms with van der Waals surface area (Å²) in [6.45, 7) is 4.45. The Labute approximate surface area is 198 Å². The Morgan fingerprint density at radius 1 is 1.06 bits per heavy atom. The lowest BCUT2D eigenvalue weighted by molar-refractivity contribution is -0.123. The first-order chi connectivity index (χ1) is 15.6. The van der Waals surface area contributed by atoms with Crippen LogP contribution in [0.4, 0.5) is 5.69 Å². The second-order valence-electron chi connectivity index (χ2n) is 8.87. The number of hydrogen-bond acceptors (Lipinski definition) is 5. The van der Waals surface area contributed by atoms with E-state index in [1.165, 1.54) is 18.2 Å². The highest BCUT2D eigenvalue weighted by molar-refractivity contribution is 8.26. The zero-order valence-corrected chi connectivity index (χ0v) is 20.1. The topological polar surface area (TPSA) is 45.6 Å². The lowest BCUT2D eigenvalue weighted by atomic mass is 10.0. The molecule has 3 fully saturated rings. The van der Waals surface area contributed by atoms with Gasteiger partial charge in [0.05, 0.1) is 21.7 Å². The number of amides is 1. The fourth-order valence-corrected chi connectivity index (χ4v) is 6.78. The van der Waals surface area contributed by atoms with Crippen LogP contribution in [0.25, 0.3) is 17.0 Å². The van der Waals surface area contributed by atoms with Crippen LogP contribution in [0.15, 0.2) is 34.0 Å². The average molecular weight is 468 g/mol. The number of hydrogen-bond donors (Lipinski definition) is 0. The maximum atomic E-state index is 13.7. The molecule has 1 saturated carbocycles. The van der Waals surface area contributed by atoms with E-state index < -0.39 is 0 Å². The molecule has 32 heavy (non-hydrogen) atoms. The van der Waals surface area contributed by atoms with Gasteiger partial charge < -0.3 is 9.47 Å². The lowest BCUT2D eigenvalue weighted by Gasteiger charge is -2.31. The van der Waals surface area contributed by atoms with E-state index in [4.69, 9.17) is 12.2 Å². The van der Waals surface area contributed by atoms with Gasteiger partial charge in [-0.25, -0.2) is 0 Å². The summed E-state index contributed by atoms with van der Waals surface area (Å²) < 4.78 is 2.45. The number of anilines is 1. The van der Waals surface area contributed by atoms with Crippen molar-refractivity contribution in [1.82, 2.24) is 9.47 Å². The average Bonchev–Trinajstić information content (AvgIpc) is 3.42. The van der Waals surface area contributed by atoms with Crippen molar-refractivity contribution in [3.05, 3.63) is 45.1 Å². The van der Waals surface area contributed by atoms with Gasteiger partial charge in [0.2, 0.25) is 0 Å². The minimum Gasteiger partial charge on any atom is -0.370 e. The van der Waals surface area contributed by atoms with E-state index in [2.05, 4.69) is 11.0 Å². The number of carbonyl (C=O) groups is 1. The van der Waals surface area contributed by atoms with Crippen molar-refractivity contribution in [2.45, 2.75) is 64.5 Å². The van der Waals surface area contributed by atoms with Crippen LogP contribution in [-0.4, -0.2) is 38.8 Å². The van der Waals surface area contributed by atoms with Crippen molar-refractivity contribution in [3.8, 4) is 0 Å². The minimum atomic E-state index is -0.0351. The van der Waals surface area contributed by atoms with Gasteiger partial charge in [-0.15, -0.1) is 0 Å². The summed E-state index contributed by atoms with van der Waals surface area (Å²) in [5.74, 6) is -0.0351. The fourth-order valence-electron chi connectivity index (χ4n) is 5.40. The summed E-state index contributed by atoms with van der Waals surface area (Å²) in [4.78, 5) is 31.8. The second-order valence-corrected chi connectivity index (χ2v) is 10.5. The smallest absolute Gasteiger partial charge is 0.266 e. The van der Waals surface area contributed by atoms with Crippen molar-refractivity contribution < 1.29 is 4.79 Å². The van der Waals surface area contributed by atoms with Crippen molar-refractivity contribution in [2.24, 2.45) is 0 Å². The molecule has 7 heteroatoms. The first-order valence-corrected chi connectivity index (χ1v) is 13.0. The van der Waals surface area contributed by atoms with E-state index in [1.54, 1.807) is 4.90 Å². The summed E-state index contributed by atoms with van der Waals surface area (Å²) in [6.07, 6.45) is 9.60. The van der Waals surface area contributed by atoms with Crippen LogP contribution in [0.2, 0.25) is 0 Å². The molecule has 2 aromatic rings. The third-order valence-corrected chi connectivity index (χ3v) is 8.29. The number of aromatic nitrogens is 1. The number of piperidine rings is 1. The van der Waals surface area contributed by atoms with Gasteiger partial charge in [0.1, 0.15) is 4.32 Å². The number of rotatable bonds is 4. The quantitative estimate of drug-likeness (QED) is 0.459. The van der Waals surface area contributed by atoms with Crippen molar-refractivity contribution in [2.75, 3.05) is 18.0 Å². The standard InChI is InChI=1S/C25H29N3O2S2/c1-2-27-20-13-7-6-12-18(20)22(26-14-8-3-9-15-26)19(23(27)29)16-21-24(30)28(25(31)32-21)17-10-4-5-11-17/h6-7,12-13,16-17H,2-5,8-11,14-15H2,1H3. The number of fused-ring (bicyclic) bond motifs is 1. The number of pyridine rings is 1. The Bertz CT molecular complexity index is 1160. The summed E-state index contributed by atoms with van der Waals surface area (Å²) in [5, 5.41) is 1.08. The van der Waals surface area contributed by atoms with Crippen LogP contribution in [0, 0.1) is 0 Å². The van der Waals surface area contributed by atoms with Gasteiger partial charge in [0, 0.05) is 31.1 Å². The Morgan fingerprint density at radius 3 is 2.50 bits per heavy atom. The van der Waals surface area contributed by atoms with Crippen LogP contribution >= 0.6 is 24.0 Å². The molecule has 1 aromatic carbocycles. The Hall–Kier alpha value is -2.12. The molecule has 3 heterocycles. The van der Waals surface area contributed by atoms with Crippen molar-refractivity contribution in [3.63, 3.8) is 0 Å². The maximum Gasteiger partial charge on any atom is 0.266 e. The van der Waals surface area contributed by atoms with Gasteiger partial charge in [-0.05, 0) is 51.2 Å². The first kappa shape index (κ1) is 21.7. The number of aryl methyl sites for hydroxylation is 1. The molecule has 1 aliphatic carbocycles. The Morgan fingerprint density at radius 2 is 1.78 bits per heavy atom. The number of thioether (sulfide) groups is 1. The third kappa shape index (κ3) is 3.69. The van der Waals surface area contributed by atoms with E-state index in [1.807, 2.05) is 35.8 Å². The Balaban J connectivity index is 1.68. The van der Waals surface area contributed by atoms with Crippen molar-refractivity contribution in [1.29, 1.82) is 0 Å². The van der Waals surface area contributed by atoms with Crippen LogP contribution < -0.4 is 10.5 Å². The first-order valence-electron chi connectivity index (χ1n) is 11.8. The molecule has 1 amide bonds. The molecular weight excluding hydrogens is 438 g/mol. The zero-order chi connectivity index (χ0) is 22.2. The van der Waals surface area contributed by atoms with E-state index in [-0.39, 0.29) is 17.5 Å². The molecule has 0 atom stereocenters. The van der Waals surface area contributed by atoms with E-state index >= 15 is 0 Å². The number of para-hydroxylation sites is 1. The molecule has 0 spiro atoms. The second kappa shape index (κ2) is 9.02. The van der Waals surface area contributed by atoms with Gasteiger partial charge in [-0.1, -0.05) is 55.0 Å². The van der Waals surface area contributed by atoms with E-state index in [0.717, 1.165) is 68.2 Å². The van der Waals surface area contributed by atoms with Crippen LogP contribution in [0.5, 0.6) is 0 Å². The zero-order valence-electron chi connectivity index (χ0n) is 18.5. The normalized spacial score (nSPS) is 21.5. The predicted molar refractivity (Wildman–Crippen MR) is 137 cm³/mol. The molecule has 0 bridgehead atoms. The molecule has 168 valence electrons.